The van der Waals surface area contributed by atoms with Gasteiger partial charge in [0, 0.05) is 18.5 Å². The van der Waals surface area contributed by atoms with E-state index in [1.54, 1.807) is 6.20 Å². The summed E-state index contributed by atoms with van der Waals surface area (Å²) in [4.78, 5) is 18.6. The van der Waals surface area contributed by atoms with E-state index in [2.05, 4.69) is 16.7 Å². The Morgan fingerprint density at radius 3 is 2.57 bits per heavy atom. The number of rotatable bonds is 6. The van der Waals surface area contributed by atoms with Crippen molar-refractivity contribution in [3.63, 3.8) is 0 Å². The summed E-state index contributed by atoms with van der Waals surface area (Å²) in [5, 5.41) is 0. The van der Waals surface area contributed by atoms with E-state index in [9.17, 15) is 4.79 Å². The zero-order valence-electron chi connectivity index (χ0n) is 9.16. The molecule has 0 amide bonds. The summed E-state index contributed by atoms with van der Waals surface area (Å²) >= 11 is 0. The fraction of sp³-hybridized carbons (Fsp3) is 0.545. The quantitative estimate of drug-likeness (QED) is 0.473. The third kappa shape index (κ3) is 6.29. The maximum atomic E-state index is 11.3. The van der Waals surface area contributed by atoms with Gasteiger partial charge in [-0.1, -0.05) is 19.4 Å². The number of Topliss-reactive ketones (excluding diaryl/α,β-unsaturated/α-hetero) is 1. The summed E-state index contributed by atoms with van der Waals surface area (Å²) in [6, 6.07) is 0. The van der Waals surface area contributed by atoms with Crippen molar-refractivity contribution in [1.82, 2.24) is 0 Å². The second-order valence-corrected chi connectivity index (χ2v) is 3.54. The largest absolute Gasteiger partial charge is 0.299 e. The first-order valence-electron chi connectivity index (χ1n) is 4.73. The van der Waals surface area contributed by atoms with Gasteiger partial charge in [-0.15, -0.1) is 0 Å². The Labute approximate surface area is 85.7 Å². The molecule has 0 aromatic rings. The smallest absolute Gasteiger partial charge is 0.135 e. The summed E-state index contributed by atoms with van der Waals surface area (Å²) in [5.41, 5.74) is 1.08. The van der Waals surface area contributed by atoms with Gasteiger partial charge in [-0.25, -0.2) is 4.99 Å². The molecule has 0 bridgehead atoms. The highest BCUT2D eigenvalue weighted by molar-refractivity contribution is 5.80. The van der Waals surface area contributed by atoms with Crippen LogP contribution < -0.4 is 0 Å². The van der Waals surface area contributed by atoms with Gasteiger partial charge in [0.05, 0.1) is 0 Å². The van der Waals surface area contributed by atoms with Crippen molar-refractivity contribution in [2.75, 3.05) is 0 Å². The zero-order valence-corrected chi connectivity index (χ0v) is 9.16. The number of ketones is 1. The molecule has 0 N–H and O–H groups in total. The molecule has 0 aliphatic rings. The van der Waals surface area contributed by atoms with Crippen LogP contribution in [-0.2, 0) is 4.79 Å². The van der Waals surface area contributed by atoms with Crippen molar-refractivity contribution >= 4 is 18.8 Å². The molecule has 0 unspecified atom stereocenters. The predicted molar refractivity (Wildman–Crippen MR) is 60.9 cm³/mol. The third-order valence-corrected chi connectivity index (χ3v) is 1.85. The van der Waals surface area contributed by atoms with Crippen LogP contribution in [-0.4, -0.2) is 18.8 Å². The lowest BCUT2D eigenvalue weighted by Gasteiger charge is -2.02. The van der Waals surface area contributed by atoms with Crippen molar-refractivity contribution in [3.8, 4) is 0 Å². The van der Waals surface area contributed by atoms with Crippen LogP contribution in [0.15, 0.2) is 21.8 Å². The fourth-order valence-electron chi connectivity index (χ4n) is 0.881. The molecule has 78 valence electrons. The molecule has 0 aromatic heterocycles. The molecule has 14 heavy (non-hydrogen) atoms. The molecule has 0 radical (unpaired) electrons. The van der Waals surface area contributed by atoms with E-state index in [0.29, 0.717) is 12.2 Å². The minimum absolute atomic E-state index is 0.126. The Morgan fingerprint density at radius 1 is 1.43 bits per heavy atom. The molecule has 0 aliphatic heterocycles. The number of nitrogens with zero attached hydrogens (tertiary/aromatic N) is 2. The monoisotopic (exact) mass is 194 g/mol. The molecular formula is C11H18N2O. The van der Waals surface area contributed by atoms with E-state index in [1.165, 1.54) is 6.34 Å². The molecule has 0 saturated carbocycles. The highest BCUT2D eigenvalue weighted by Crippen LogP contribution is 2.08. The number of carbonyl (C=O) groups excluding carboxylic acids is 1. The van der Waals surface area contributed by atoms with Crippen LogP contribution in [0.4, 0.5) is 0 Å². The number of hydrogen-bond acceptors (Lipinski definition) is 2. The Hall–Kier alpha value is -1.25. The van der Waals surface area contributed by atoms with Crippen LogP contribution in [0.5, 0.6) is 0 Å². The van der Waals surface area contributed by atoms with E-state index in [-0.39, 0.29) is 5.92 Å². The van der Waals surface area contributed by atoms with Gasteiger partial charge in [-0.3, -0.25) is 9.79 Å². The maximum absolute atomic E-state index is 11.3. The lowest BCUT2D eigenvalue weighted by atomic mass is 10.0. The molecule has 0 spiro atoms. The van der Waals surface area contributed by atoms with Gasteiger partial charge in [0.15, 0.2) is 0 Å². The van der Waals surface area contributed by atoms with Crippen LogP contribution in [0.1, 0.15) is 33.6 Å². The highest BCUT2D eigenvalue weighted by atomic mass is 16.1. The van der Waals surface area contributed by atoms with Gasteiger partial charge >= 0.3 is 0 Å². The first kappa shape index (κ1) is 12.8. The normalized spacial score (nSPS) is 12.4. The SMILES string of the molecule is C=N/C=N\C=C(/C)CCC(=O)C(C)C. The lowest BCUT2D eigenvalue weighted by Crippen LogP contribution is -2.06. The average molecular weight is 194 g/mol. The molecule has 0 rings (SSSR count). The molecular weight excluding hydrogens is 176 g/mol. The van der Waals surface area contributed by atoms with Crippen molar-refractivity contribution in [3.05, 3.63) is 11.8 Å². The van der Waals surface area contributed by atoms with Crippen LogP contribution >= 0.6 is 0 Å². The van der Waals surface area contributed by atoms with Gasteiger partial charge in [-0.05, 0) is 20.1 Å². The van der Waals surface area contributed by atoms with Gasteiger partial charge in [0.1, 0.15) is 12.1 Å². The van der Waals surface area contributed by atoms with Gasteiger partial charge < -0.3 is 0 Å². The second-order valence-electron chi connectivity index (χ2n) is 3.54. The van der Waals surface area contributed by atoms with Gasteiger partial charge in [-0.2, -0.15) is 0 Å². The van der Waals surface area contributed by atoms with Crippen molar-refractivity contribution in [2.45, 2.75) is 33.6 Å². The van der Waals surface area contributed by atoms with Crippen LogP contribution in [0, 0.1) is 5.92 Å². The van der Waals surface area contributed by atoms with Crippen molar-refractivity contribution in [2.24, 2.45) is 15.9 Å². The summed E-state index contributed by atoms with van der Waals surface area (Å²) in [7, 11) is 0. The molecule has 0 atom stereocenters. The highest BCUT2D eigenvalue weighted by Gasteiger charge is 2.06. The minimum Gasteiger partial charge on any atom is -0.299 e. The Kier molecular flexibility index (Phi) is 6.54. The third-order valence-electron chi connectivity index (χ3n) is 1.85. The summed E-state index contributed by atoms with van der Waals surface area (Å²) < 4.78 is 0. The number of allylic oxidation sites excluding steroid dienone is 1. The first-order chi connectivity index (χ1) is 6.57. The summed E-state index contributed by atoms with van der Waals surface area (Å²) in [5.74, 6) is 0.421. The zero-order chi connectivity index (χ0) is 11.0. The Bertz CT molecular complexity index is 252. The average Bonchev–Trinajstić information content (AvgIpc) is 2.14. The van der Waals surface area contributed by atoms with Crippen LogP contribution in [0.25, 0.3) is 0 Å². The lowest BCUT2D eigenvalue weighted by molar-refractivity contribution is -0.121. The minimum atomic E-state index is 0.126. The van der Waals surface area contributed by atoms with E-state index in [1.807, 2.05) is 20.8 Å². The molecule has 0 fully saturated rings. The molecule has 0 heterocycles. The number of aliphatic imine (C=N–C) groups is 2. The fourth-order valence-corrected chi connectivity index (χ4v) is 0.881. The summed E-state index contributed by atoms with van der Waals surface area (Å²) in [6.07, 6.45) is 4.46. The molecule has 0 saturated heterocycles. The summed E-state index contributed by atoms with van der Waals surface area (Å²) in [6.45, 7) is 9.06. The second kappa shape index (κ2) is 7.18. The molecule has 3 heteroatoms. The maximum Gasteiger partial charge on any atom is 0.135 e. The number of carbonyl (C=O) groups is 1. The van der Waals surface area contributed by atoms with E-state index in [0.717, 1.165) is 12.0 Å². The first-order valence-corrected chi connectivity index (χ1v) is 4.73. The van der Waals surface area contributed by atoms with E-state index >= 15 is 0 Å². The van der Waals surface area contributed by atoms with Gasteiger partial charge in [0.25, 0.3) is 0 Å². The van der Waals surface area contributed by atoms with Gasteiger partial charge in [0.2, 0.25) is 0 Å². The van der Waals surface area contributed by atoms with Crippen LogP contribution in [0.3, 0.4) is 0 Å². The molecule has 3 nitrogen and oxygen atoms in total. The number of hydrogen-bond donors (Lipinski definition) is 0. The molecule has 0 aliphatic carbocycles. The predicted octanol–water partition coefficient (Wildman–Crippen LogP) is 2.62. The van der Waals surface area contributed by atoms with E-state index in [4.69, 9.17) is 0 Å². The topological polar surface area (TPSA) is 41.8 Å². The van der Waals surface area contributed by atoms with Crippen molar-refractivity contribution < 1.29 is 4.79 Å². The van der Waals surface area contributed by atoms with Crippen LogP contribution in [0.2, 0.25) is 0 Å². The Balaban J connectivity index is 3.89. The van der Waals surface area contributed by atoms with Crippen molar-refractivity contribution in [1.29, 1.82) is 0 Å². The van der Waals surface area contributed by atoms with E-state index < -0.39 is 0 Å². The standard InChI is InChI=1S/C11H18N2O/c1-9(2)11(14)6-5-10(3)7-13-8-12-4/h7-9H,4-6H2,1-3H3/b10-7+,13-8-. The molecule has 0 aromatic carbocycles. The Morgan fingerprint density at radius 2 is 2.07 bits per heavy atom.